The highest BCUT2D eigenvalue weighted by atomic mass is 19.1. The van der Waals surface area contributed by atoms with Gasteiger partial charge in [0.1, 0.15) is 5.82 Å². The molecular formula is C8H6FN3O2. The third kappa shape index (κ3) is 1.12. The second-order valence-corrected chi connectivity index (χ2v) is 2.82. The van der Waals surface area contributed by atoms with E-state index in [4.69, 9.17) is 5.11 Å². The first-order valence-corrected chi connectivity index (χ1v) is 3.83. The van der Waals surface area contributed by atoms with E-state index in [2.05, 4.69) is 15.0 Å². The molecule has 2 heterocycles. The van der Waals surface area contributed by atoms with E-state index in [-0.39, 0.29) is 11.5 Å². The molecule has 72 valence electrons. The summed E-state index contributed by atoms with van der Waals surface area (Å²) in [6.45, 7) is 1.53. The highest BCUT2D eigenvalue weighted by Crippen LogP contribution is 2.16. The molecule has 5 nitrogen and oxygen atoms in total. The molecule has 2 aromatic heterocycles. The maximum absolute atomic E-state index is 13.0. The zero-order valence-corrected chi connectivity index (χ0v) is 7.21. The molecule has 0 aromatic carbocycles. The van der Waals surface area contributed by atoms with E-state index in [1.54, 1.807) is 0 Å². The summed E-state index contributed by atoms with van der Waals surface area (Å²) in [5, 5.41) is 8.63. The van der Waals surface area contributed by atoms with Crippen molar-refractivity contribution >= 4 is 17.1 Å². The molecular weight excluding hydrogens is 189 g/mol. The molecule has 0 saturated carbocycles. The topological polar surface area (TPSA) is 78.9 Å². The molecule has 0 saturated heterocycles. The number of H-pyrrole nitrogens is 1. The van der Waals surface area contributed by atoms with Crippen LogP contribution in [0.25, 0.3) is 11.2 Å². The number of rotatable bonds is 1. The molecule has 6 heteroatoms. The van der Waals surface area contributed by atoms with Crippen molar-refractivity contribution in [3.63, 3.8) is 0 Å². The Morgan fingerprint density at radius 2 is 2.36 bits per heavy atom. The van der Waals surface area contributed by atoms with Crippen molar-refractivity contribution in [2.75, 3.05) is 0 Å². The molecule has 0 spiro atoms. The average Bonchev–Trinajstić information content (AvgIpc) is 2.56. The lowest BCUT2D eigenvalue weighted by molar-refractivity contribution is 0.0685. The van der Waals surface area contributed by atoms with Gasteiger partial charge in [-0.25, -0.2) is 19.2 Å². The molecule has 14 heavy (non-hydrogen) atoms. The zero-order chi connectivity index (χ0) is 10.3. The number of aromatic nitrogens is 3. The second kappa shape index (κ2) is 2.76. The van der Waals surface area contributed by atoms with Crippen LogP contribution in [0.5, 0.6) is 0 Å². The highest BCUT2D eigenvalue weighted by Gasteiger charge is 2.13. The molecule has 0 amide bonds. The summed E-state index contributed by atoms with van der Waals surface area (Å²) in [4.78, 5) is 20.4. The van der Waals surface area contributed by atoms with E-state index in [0.29, 0.717) is 11.1 Å². The number of halogens is 1. The Hall–Kier alpha value is -1.98. The number of pyridine rings is 1. The third-order valence-electron chi connectivity index (χ3n) is 1.92. The quantitative estimate of drug-likeness (QED) is 0.714. The standard InChI is InChI=1S/C8H6FN3O2/c1-3-4(9)2-10-6-5(3)11-7(12-6)8(13)14/h2H,1H3,(H,13,14)(H,10,11,12). The van der Waals surface area contributed by atoms with E-state index in [0.717, 1.165) is 6.20 Å². The summed E-state index contributed by atoms with van der Waals surface area (Å²) < 4.78 is 13.0. The van der Waals surface area contributed by atoms with Crippen molar-refractivity contribution in [3.05, 3.63) is 23.4 Å². The van der Waals surface area contributed by atoms with Gasteiger partial charge in [-0.2, -0.15) is 0 Å². The Morgan fingerprint density at radius 1 is 1.64 bits per heavy atom. The van der Waals surface area contributed by atoms with E-state index in [1.807, 2.05) is 0 Å². The fourth-order valence-electron chi connectivity index (χ4n) is 1.15. The first kappa shape index (κ1) is 8.61. The van der Waals surface area contributed by atoms with Crippen LogP contribution in [-0.4, -0.2) is 26.0 Å². The first-order valence-electron chi connectivity index (χ1n) is 3.83. The summed E-state index contributed by atoms with van der Waals surface area (Å²) in [5.74, 6) is -1.91. The van der Waals surface area contributed by atoms with Gasteiger partial charge in [0, 0.05) is 5.56 Å². The summed E-state index contributed by atoms with van der Waals surface area (Å²) >= 11 is 0. The number of hydrogen-bond acceptors (Lipinski definition) is 3. The second-order valence-electron chi connectivity index (χ2n) is 2.82. The molecule has 0 aliphatic heterocycles. The fourth-order valence-corrected chi connectivity index (χ4v) is 1.15. The lowest BCUT2D eigenvalue weighted by Crippen LogP contribution is -1.97. The molecule has 0 unspecified atom stereocenters. The van der Waals surface area contributed by atoms with Gasteiger partial charge in [0.05, 0.1) is 11.7 Å². The Balaban J connectivity index is 2.77. The monoisotopic (exact) mass is 195 g/mol. The molecule has 0 fully saturated rings. The van der Waals surface area contributed by atoms with Crippen molar-refractivity contribution in [3.8, 4) is 0 Å². The summed E-state index contributed by atoms with van der Waals surface area (Å²) in [6, 6.07) is 0. The molecule has 0 atom stereocenters. The molecule has 0 radical (unpaired) electrons. The minimum Gasteiger partial charge on any atom is -0.475 e. The number of carbonyl (C=O) groups is 1. The molecule has 2 rings (SSSR count). The van der Waals surface area contributed by atoms with Crippen LogP contribution >= 0.6 is 0 Å². The number of nitrogens with one attached hydrogen (secondary N) is 1. The van der Waals surface area contributed by atoms with Gasteiger partial charge in [0.15, 0.2) is 5.65 Å². The molecule has 2 N–H and O–H groups in total. The minimum atomic E-state index is -1.19. The van der Waals surface area contributed by atoms with Gasteiger partial charge in [-0.05, 0) is 6.92 Å². The number of hydrogen-bond donors (Lipinski definition) is 2. The van der Waals surface area contributed by atoms with Gasteiger partial charge >= 0.3 is 5.97 Å². The Bertz CT molecular complexity index is 521. The van der Waals surface area contributed by atoms with E-state index in [9.17, 15) is 9.18 Å². The van der Waals surface area contributed by atoms with Crippen LogP contribution in [0.3, 0.4) is 0 Å². The van der Waals surface area contributed by atoms with E-state index >= 15 is 0 Å². The third-order valence-corrected chi connectivity index (χ3v) is 1.92. The normalized spacial score (nSPS) is 10.7. The van der Waals surface area contributed by atoms with Crippen LogP contribution in [0, 0.1) is 12.7 Å². The number of carboxylic acid groups (broad SMARTS) is 1. The smallest absolute Gasteiger partial charge is 0.371 e. The maximum Gasteiger partial charge on any atom is 0.371 e. The number of aromatic carboxylic acids is 1. The summed E-state index contributed by atoms with van der Waals surface area (Å²) in [6.07, 6.45) is 1.02. The zero-order valence-electron chi connectivity index (χ0n) is 7.21. The molecule has 0 aliphatic rings. The van der Waals surface area contributed by atoms with Crippen molar-refractivity contribution in [2.24, 2.45) is 0 Å². The van der Waals surface area contributed by atoms with Gasteiger partial charge < -0.3 is 10.1 Å². The minimum absolute atomic E-state index is 0.210. The van der Waals surface area contributed by atoms with Crippen LogP contribution in [0.2, 0.25) is 0 Å². The van der Waals surface area contributed by atoms with Crippen molar-refractivity contribution < 1.29 is 14.3 Å². The Kier molecular flexibility index (Phi) is 1.70. The molecule has 0 bridgehead atoms. The summed E-state index contributed by atoms with van der Waals surface area (Å²) in [7, 11) is 0. The highest BCUT2D eigenvalue weighted by molar-refractivity contribution is 5.88. The number of aromatic amines is 1. The van der Waals surface area contributed by atoms with Crippen molar-refractivity contribution in [1.29, 1.82) is 0 Å². The van der Waals surface area contributed by atoms with Gasteiger partial charge in [0.25, 0.3) is 0 Å². The van der Waals surface area contributed by atoms with Crippen molar-refractivity contribution in [2.45, 2.75) is 6.92 Å². The predicted molar refractivity (Wildman–Crippen MR) is 45.5 cm³/mol. The largest absolute Gasteiger partial charge is 0.475 e. The molecule has 2 aromatic rings. The van der Waals surface area contributed by atoms with Crippen LogP contribution < -0.4 is 0 Å². The first-order chi connectivity index (χ1) is 6.59. The van der Waals surface area contributed by atoms with Crippen LogP contribution in [0.4, 0.5) is 4.39 Å². The number of aryl methyl sites for hydroxylation is 1. The average molecular weight is 195 g/mol. The number of imidazole rings is 1. The Labute approximate surface area is 77.6 Å². The number of nitrogens with zero attached hydrogens (tertiary/aromatic N) is 2. The number of fused-ring (bicyclic) bond motifs is 1. The Morgan fingerprint density at radius 3 is 3.00 bits per heavy atom. The predicted octanol–water partition coefficient (Wildman–Crippen LogP) is 1.10. The van der Waals surface area contributed by atoms with Crippen LogP contribution in [0.1, 0.15) is 16.2 Å². The van der Waals surface area contributed by atoms with Crippen LogP contribution in [-0.2, 0) is 0 Å². The van der Waals surface area contributed by atoms with E-state index < -0.39 is 11.8 Å². The number of carboxylic acids is 1. The van der Waals surface area contributed by atoms with Gasteiger partial charge in [-0.1, -0.05) is 0 Å². The lowest BCUT2D eigenvalue weighted by atomic mass is 10.2. The van der Waals surface area contributed by atoms with E-state index in [1.165, 1.54) is 6.92 Å². The lowest BCUT2D eigenvalue weighted by Gasteiger charge is -1.94. The molecule has 0 aliphatic carbocycles. The fraction of sp³-hybridized carbons (Fsp3) is 0.125. The van der Waals surface area contributed by atoms with Crippen molar-refractivity contribution in [1.82, 2.24) is 15.0 Å². The maximum atomic E-state index is 13.0. The van der Waals surface area contributed by atoms with Gasteiger partial charge in [-0.3, -0.25) is 0 Å². The van der Waals surface area contributed by atoms with Gasteiger partial charge in [0.2, 0.25) is 5.82 Å². The SMILES string of the molecule is Cc1c(F)cnc2nc(C(=O)O)[nH]c12. The summed E-state index contributed by atoms with van der Waals surface area (Å²) in [5.41, 5.74) is 0.846. The van der Waals surface area contributed by atoms with Gasteiger partial charge in [-0.15, -0.1) is 0 Å². The van der Waals surface area contributed by atoms with Crippen LogP contribution in [0.15, 0.2) is 6.20 Å².